The number of hydrogen-bond donors (Lipinski definition) is 0. The van der Waals surface area contributed by atoms with Crippen molar-refractivity contribution in [2.45, 2.75) is 51.4 Å². The normalized spacial score (nSPS) is 21.6. The first-order valence-electron chi connectivity index (χ1n) is 6.72. The number of hydrogen-bond acceptors (Lipinski definition) is 3. The van der Waals surface area contributed by atoms with E-state index in [0.717, 1.165) is 12.8 Å². The topological polar surface area (TPSA) is 38.8 Å². The van der Waals surface area contributed by atoms with Gasteiger partial charge in [0.1, 0.15) is 6.10 Å². The minimum Gasteiger partial charge on any atom is -0.429 e. The van der Waals surface area contributed by atoms with Gasteiger partial charge >= 0.3 is 5.97 Å². The highest BCUT2D eigenvalue weighted by Gasteiger charge is 2.41. The lowest BCUT2D eigenvalue weighted by Crippen LogP contribution is -2.09. The maximum atomic E-state index is 11.7. The summed E-state index contributed by atoms with van der Waals surface area (Å²) in [5.74, 6) is -0.295. The lowest BCUT2D eigenvalue weighted by molar-refractivity contribution is 0.0297. The number of epoxide rings is 1. The Balaban J connectivity index is 1.65. The molecule has 0 saturated carbocycles. The largest absolute Gasteiger partial charge is 0.429 e. The molecule has 1 saturated heterocycles. The van der Waals surface area contributed by atoms with Crippen molar-refractivity contribution in [2.24, 2.45) is 0 Å². The molecule has 1 fully saturated rings. The molecule has 1 aliphatic rings. The molecule has 0 aliphatic carbocycles. The van der Waals surface area contributed by atoms with E-state index in [1.54, 1.807) is 12.1 Å². The number of unbranched alkanes of at least 4 members (excludes halogenated alkanes) is 3. The quantitative estimate of drug-likeness (QED) is 0.421. The van der Waals surface area contributed by atoms with E-state index in [0.29, 0.717) is 5.56 Å². The van der Waals surface area contributed by atoms with Gasteiger partial charge < -0.3 is 9.47 Å². The van der Waals surface area contributed by atoms with Crippen LogP contribution in [0.4, 0.5) is 0 Å². The molecule has 1 aliphatic heterocycles. The fraction of sp³-hybridized carbons (Fsp3) is 0.533. The van der Waals surface area contributed by atoms with E-state index in [2.05, 4.69) is 6.92 Å². The molecule has 3 heteroatoms. The summed E-state index contributed by atoms with van der Waals surface area (Å²) in [6, 6.07) is 9.03. The Kier molecular flexibility index (Phi) is 4.76. The molecule has 0 bridgehead atoms. The highest BCUT2D eigenvalue weighted by atomic mass is 16.8. The standard InChI is InChI=1S/C15H20O3/c1-2-3-4-8-11-13-15(17-13)18-14(16)12-9-6-5-7-10-12/h5-7,9-10,13,15H,2-4,8,11H2,1H3/t13-,15+/m1/s1. The summed E-state index contributed by atoms with van der Waals surface area (Å²) < 4.78 is 10.6. The van der Waals surface area contributed by atoms with Crippen LogP contribution in [0.3, 0.4) is 0 Å². The first-order chi connectivity index (χ1) is 8.81. The molecule has 1 heterocycles. The van der Waals surface area contributed by atoms with Gasteiger partial charge in [-0.3, -0.25) is 0 Å². The van der Waals surface area contributed by atoms with E-state index in [9.17, 15) is 4.79 Å². The summed E-state index contributed by atoms with van der Waals surface area (Å²) in [5.41, 5.74) is 0.581. The van der Waals surface area contributed by atoms with Crippen LogP contribution >= 0.6 is 0 Å². The first kappa shape index (κ1) is 13.1. The fourth-order valence-electron chi connectivity index (χ4n) is 1.95. The monoisotopic (exact) mass is 248 g/mol. The van der Waals surface area contributed by atoms with Crippen molar-refractivity contribution < 1.29 is 14.3 Å². The van der Waals surface area contributed by atoms with Crippen LogP contribution in [0.25, 0.3) is 0 Å². The van der Waals surface area contributed by atoms with Crippen LogP contribution in [0.15, 0.2) is 30.3 Å². The Labute approximate surface area is 108 Å². The third-order valence-corrected chi connectivity index (χ3v) is 3.11. The summed E-state index contributed by atoms with van der Waals surface area (Å²) in [6.45, 7) is 2.19. The van der Waals surface area contributed by atoms with Gasteiger partial charge in [0.05, 0.1) is 5.56 Å². The molecular formula is C15H20O3. The highest BCUT2D eigenvalue weighted by molar-refractivity contribution is 5.89. The number of esters is 1. The Hall–Kier alpha value is -1.35. The van der Waals surface area contributed by atoms with Crippen molar-refractivity contribution in [3.8, 4) is 0 Å². The maximum absolute atomic E-state index is 11.7. The van der Waals surface area contributed by atoms with Crippen LogP contribution < -0.4 is 0 Å². The van der Waals surface area contributed by atoms with E-state index < -0.39 is 0 Å². The number of benzene rings is 1. The molecule has 2 atom stereocenters. The minimum atomic E-state index is -0.320. The van der Waals surface area contributed by atoms with E-state index in [1.165, 1.54) is 19.3 Å². The van der Waals surface area contributed by atoms with Crippen LogP contribution in [-0.2, 0) is 9.47 Å². The van der Waals surface area contributed by atoms with E-state index in [1.807, 2.05) is 18.2 Å². The zero-order valence-electron chi connectivity index (χ0n) is 10.8. The average molecular weight is 248 g/mol. The second-order valence-electron chi connectivity index (χ2n) is 4.66. The zero-order chi connectivity index (χ0) is 12.8. The minimum absolute atomic E-state index is 0.120. The van der Waals surface area contributed by atoms with Crippen molar-refractivity contribution >= 4 is 5.97 Å². The van der Waals surface area contributed by atoms with Crippen LogP contribution in [0, 0.1) is 0 Å². The maximum Gasteiger partial charge on any atom is 0.340 e. The lowest BCUT2D eigenvalue weighted by Gasteiger charge is -2.01. The van der Waals surface area contributed by atoms with Gasteiger partial charge in [0.25, 0.3) is 0 Å². The van der Waals surface area contributed by atoms with Crippen molar-refractivity contribution in [1.29, 1.82) is 0 Å². The third kappa shape index (κ3) is 3.84. The molecule has 0 spiro atoms. The summed E-state index contributed by atoms with van der Waals surface area (Å²) in [7, 11) is 0. The van der Waals surface area contributed by atoms with Crippen LogP contribution in [0.1, 0.15) is 49.4 Å². The number of carbonyl (C=O) groups is 1. The molecule has 2 rings (SSSR count). The van der Waals surface area contributed by atoms with E-state index >= 15 is 0 Å². The molecule has 1 aromatic carbocycles. The fourth-order valence-corrected chi connectivity index (χ4v) is 1.95. The van der Waals surface area contributed by atoms with E-state index in [-0.39, 0.29) is 18.4 Å². The molecule has 0 aromatic heterocycles. The summed E-state index contributed by atoms with van der Waals surface area (Å²) in [4.78, 5) is 11.7. The van der Waals surface area contributed by atoms with Gasteiger partial charge in [-0.2, -0.15) is 0 Å². The van der Waals surface area contributed by atoms with Crippen LogP contribution in [0.2, 0.25) is 0 Å². The summed E-state index contributed by atoms with van der Waals surface area (Å²) >= 11 is 0. The van der Waals surface area contributed by atoms with Crippen molar-refractivity contribution in [3.63, 3.8) is 0 Å². The van der Waals surface area contributed by atoms with Gasteiger partial charge in [0.15, 0.2) is 0 Å². The number of rotatable bonds is 7. The molecule has 1 aromatic rings. The van der Waals surface area contributed by atoms with Crippen molar-refractivity contribution in [1.82, 2.24) is 0 Å². The second-order valence-corrected chi connectivity index (χ2v) is 4.66. The van der Waals surface area contributed by atoms with Gasteiger partial charge in [-0.1, -0.05) is 50.8 Å². The predicted octanol–water partition coefficient (Wildman–Crippen LogP) is 3.54. The average Bonchev–Trinajstić information content (AvgIpc) is 3.14. The first-order valence-corrected chi connectivity index (χ1v) is 6.72. The Morgan fingerprint density at radius 1 is 1.22 bits per heavy atom. The second kappa shape index (κ2) is 6.55. The molecule has 0 N–H and O–H groups in total. The number of ether oxygens (including phenoxy) is 2. The molecule has 0 unspecified atom stereocenters. The lowest BCUT2D eigenvalue weighted by atomic mass is 10.1. The zero-order valence-corrected chi connectivity index (χ0v) is 10.8. The highest BCUT2D eigenvalue weighted by Crippen LogP contribution is 2.29. The third-order valence-electron chi connectivity index (χ3n) is 3.11. The smallest absolute Gasteiger partial charge is 0.340 e. The molecule has 3 nitrogen and oxygen atoms in total. The van der Waals surface area contributed by atoms with Gasteiger partial charge in [0.2, 0.25) is 6.29 Å². The SMILES string of the molecule is CCCCCC[C@H]1O[C@H]1OC(=O)c1ccccc1. The Bertz CT molecular complexity index is 375. The molecule has 98 valence electrons. The molecular weight excluding hydrogens is 228 g/mol. The summed E-state index contributed by atoms with van der Waals surface area (Å²) in [6.07, 6.45) is 5.67. The molecule has 0 amide bonds. The van der Waals surface area contributed by atoms with Gasteiger partial charge in [-0.25, -0.2) is 4.79 Å². The van der Waals surface area contributed by atoms with Gasteiger partial charge in [-0.15, -0.1) is 0 Å². The van der Waals surface area contributed by atoms with Crippen LogP contribution in [0.5, 0.6) is 0 Å². The van der Waals surface area contributed by atoms with Gasteiger partial charge in [-0.05, 0) is 18.6 Å². The summed E-state index contributed by atoms with van der Waals surface area (Å²) in [5, 5.41) is 0. The molecule has 18 heavy (non-hydrogen) atoms. The van der Waals surface area contributed by atoms with Gasteiger partial charge in [0, 0.05) is 0 Å². The molecule has 0 radical (unpaired) electrons. The van der Waals surface area contributed by atoms with Crippen molar-refractivity contribution in [3.05, 3.63) is 35.9 Å². The van der Waals surface area contributed by atoms with E-state index in [4.69, 9.17) is 9.47 Å². The Morgan fingerprint density at radius 3 is 2.72 bits per heavy atom. The predicted molar refractivity (Wildman–Crippen MR) is 69.3 cm³/mol. The Morgan fingerprint density at radius 2 is 2.00 bits per heavy atom. The number of carbonyl (C=O) groups excluding carboxylic acids is 1. The van der Waals surface area contributed by atoms with Crippen molar-refractivity contribution in [2.75, 3.05) is 0 Å². The van der Waals surface area contributed by atoms with Crippen LogP contribution in [-0.4, -0.2) is 18.4 Å².